The molecule has 1 fully saturated rings. The first-order valence-electron chi connectivity index (χ1n) is 7.02. The summed E-state index contributed by atoms with van der Waals surface area (Å²) in [4.78, 5) is 0. The van der Waals surface area contributed by atoms with Crippen molar-refractivity contribution >= 4 is 0 Å². The summed E-state index contributed by atoms with van der Waals surface area (Å²) in [5.74, 6) is 0.769. The van der Waals surface area contributed by atoms with Crippen LogP contribution in [-0.2, 0) is 11.8 Å². The van der Waals surface area contributed by atoms with Crippen molar-refractivity contribution in [1.29, 1.82) is 0 Å². The van der Waals surface area contributed by atoms with Gasteiger partial charge < -0.3 is 10.1 Å². The van der Waals surface area contributed by atoms with Crippen molar-refractivity contribution in [3.05, 3.63) is 17.5 Å². The Morgan fingerprint density at radius 3 is 2.78 bits per heavy atom. The van der Waals surface area contributed by atoms with Crippen LogP contribution in [0.15, 0.2) is 6.07 Å². The number of nitrogens with zero attached hydrogens (tertiary/aromatic N) is 2. The molecule has 18 heavy (non-hydrogen) atoms. The fourth-order valence-electron chi connectivity index (χ4n) is 2.63. The summed E-state index contributed by atoms with van der Waals surface area (Å²) in [5.41, 5.74) is 2.41. The van der Waals surface area contributed by atoms with E-state index >= 15 is 0 Å². The minimum atomic E-state index is 0.387. The zero-order valence-electron chi connectivity index (χ0n) is 11.8. The van der Waals surface area contributed by atoms with Gasteiger partial charge in [-0.3, -0.25) is 4.68 Å². The van der Waals surface area contributed by atoms with Gasteiger partial charge in [0.15, 0.2) is 0 Å². The molecule has 2 heterocycles. The maximum Gasteiger partial charge on any atom is 0.0796 e. The van der Waals surface area contributed by atoms with Gasteiger partial charge in [0.1, 0.15) is 0 Å². The summed E-state index contributed by atoms with van der Waals surface area (Å²) in [5, 5.41) is 8.19. The van der Waals surface area contributed by atoms with Crippen LogP contribution in [0, 0.1) is 12.8 Å². The third-order valence-corrected chi connectivity index (χ3v) is 3.85. The normalized spacial score (nSPS) is 19.1. The first kappa shape index (κ1) is 13.6. The molecule has 1 saturated heterocycles. The zero-order chi connectivity index (χ0) is 13.0. The number of aromatic nitrogens is 2. The lowest BCUT2D eigenvalue weighted by molar-refractivity contribution is 0.0604. The van der Waals surface area contributed by atoms with Gasteiger partial charge in [-0.15, -0.1) is 0 Å². The minimum Gasteiger partial charge on any atom is -0.381 e. The number of nitrogens with one attached hydrogen (secondary N) is 1. The van der Waals surface area contributed by atoms with Crippen molar-refractivity contribution < 1.29 is 4.74 Å². The molecule has 102 valence electrons. The lowest BCUT2D eigenvalue weighted by Crippen LogP contribution is -2.26. The van der Waals surface area contributed by atoms with Gasteiger partial charge in [0.25, 0.3) is 0 Å². The fraction of sp³-hybridized carbons (Fsp3) is 0.786. The van der Waals surface area contributed by atoms with E-state index in [1.807, 2.05) is 11.7 Å². The average molecular weight is 251 g/mol. The molecule has 1 atom stereocenters. The molecule has 1 N–H and O–H groups in total. The smallest absolute Gasteiger partial charge is 0.0796 e. The predicted octanol–water partition coefficient (Wildman–Crippen LogP) is 2.20. The molecule has 1 aromatic heterocycles. The van der Waals surface area contributed by atoms with Crippen molar-refractivity contribution in [1.82, 2.24) is 15.1 Å². The molecule has 1 aliphatic rings. The van der Waals surface area contributed by atoms with E-state index in [4.69, 9.17) is 4.74 Å². The Hall–Kier alpha value is -0.870. The summed E-state index contributed by atoms with van der Waals surface area (Å²) in [6.07, 6.45) is 3.55. The van der Waals surface area contributed by atoms with Crippen LogP contribution in [0.2, 0.25) is 0 Å². The van der Waals surface area contributed by atoms with E-state index in [0.717, 1.165) is 25.7 Å². The molecular weight excluding hydrogens is 226 g/mol. The van der Waals surface area contributed by atoms with Crippen LogP contribution >= 0.6 is 0 Å². The summed E-state index contributed by atoms with van der Waals surface area (Å²) >= 11 is 0. The van der Waals surface area contributed by atoms with Gasteiger partial charge in [0.05, 0.1) is 11.7 Å². The van der Waals surface area contributed by atoms with Gasteiger partial charge in [0, 0.05) is 26.0 Å². The fourth-order valence-corrected chi connectivity index (χ4v) is 2.63. The molecule has 0 radical (unpaired) electrons. The number of aryl methyl sites for hydroxylation is 2. The highest BCUT2D eigenvalue weighted by Crippen LogP contribution is 2.27. The summed E-state index contributed by atoms with van der Waals surface area (Å²) in [6.45, 7) is 7.10. The Morgan fingerprint density at radius 2 is 2.22 bits per heavy atom. The van der Waals surface area contributed by atoms with E-state index in [0.29, 0.717) is 6.04 Å². The molecule has 4 heteroatoms. The molecular formula is C14H25N3O. The third-order valence-electron chi connectivity index (χ3n) is 3.85. The Morgan fingerprint density at radius 1 is 1.50 bits per heavy atom. The van der Waals surface area contributed by atoms with Crippen LogP contribution in [0.5, 0.6) is 0 Å². The molecule has 1 unspecified atom stereocenters. The maximum atomic E-state index is 5.43. The van der Waals surface area contributed by atoms with Crippen molar-refractivity contribution in [2.24, 2.45) is 13.0 Å². The molecule has 4 nitrogen and oxygen atoms in total. The monoisotopic (exact) mass is 251 g/mol. The van der Waals surface area contributed by atoms with E-state index in [1.165, 1.54) is 30.7 Å². The van der Waals surface area contributed by atoms with E-state index in [2.05, 4.69) is 30.3 Å². The highest BCUT2D eigenvalue weighted by atomic mass is 16.5. The number of rotatable bonds is 5. The van der Waals surface area contributed by atoms with Crippen LogP contribution in [0.3, 0.4) is 0 Å². The average Bonchev–Trinajstić information content (AvgIpc) is 2.70. The number of hydrogen-bond acceptors (Lipinski definition) is 3. The lowest BCUT2D eigenvalue weighted by atomic mass is 9.91. The Balaban J connectivity index is 2.02. The van der Waals surface area contributed by atoms with Crippen LogP contribution in [-0.4, -0.2) is 29.5 Å². The molecule has 0 amide bonds. The minimum absolute atomic E-state index is 0.387. The van der Waals surface area contributed by atoms with E-state index in [9.17, 15) is 0 Å². The Bertz CT molecular complexity index is 350. The van der Waals surface area contributed by atoms with Crippen LogP contribution in [0.25, 0.3) is 0 Å². The molecule has 0 bridgehead atoms. The van der Waals surface area contributed by atoms with Crippen LogP contribution in [0.1, 0.15) is 43.6 Å². The molecule has 0 saturated carbocycles. The maximum absolute atomic E-state index is 5.43. The molecule has 0 aliphatic carbocycles. The van der Waals surface area contributed by atoms with E-state index < -0.39 is 0 Å². The third kappa shape index (κ3) is 3.33. The van der Waals surface area contributed by atoms with Crippen molar-refractivity contribution in [2.45, 2.75) is 39.2 Å². The first-order valence-corrected chi connectivity index (χ1v) is 7.02. The van der Waals surface area contributed by atoms with Gasteiger partial charge in [-0.05, 0) is 44.7 Å². The lowest BCUT2D eigenvalue weighted by Gasteiger charge is -2.26. The first-order chi connectivity index (χ1) is 8.70. The van der Waals surface area contributed by atoms with Crippen molar-refractivity contribution in [3.8, 4) is 0 Å². The van der Waals surface area contributed by atoms with Gasteiger partial charge >= 0.3 is 0 Å². The standard InChI is InChI=1S/C14H25N3O/c1-4-15-13(10-12-5-7-18-8-6-12)14-9-11(2)17(3)16-14/h9,12-13,15H,4-8,10H2,1-3H3. The molecule has 1 aromatic rings. The van der Waals surface area contributed by atoms with Gasteiger partial charge in [-0.2, -0.15) is 5.10 Å². The van der Waals surface area contributed by atoms with Crippen molar-refractivity contribution in [2.75, 3.05) is 19.8 Å². The summed E-state index contributed by atoms with van der Waals surface area (Å²) in [7, 11) is 2.01. The molecule has 0 spiro atoms. The topological polar surface area (TPSA) is 39.1 Å². The van der Waals surface area contributed by atoms with Crippen LogP contribution in [0.4, 0.5) is 0 Å². The Labute approximate surface area is 110 Å². The molecule has 1 aliphatic heterocycles. The predicted molar refractivity (Wildman–Crippen MR) is 72.5 cm³/mol. The molecule has 0 aromatic carbocycles. The second kappa shape index (κ2) is 6.34. The Kier molecular flexibility index (Phi) is 4.78. The quantitative estimate of drug-likeness (QED) is 0.872. The zero-order valence-corrected chi connectivity index (χ0v) is 11.8. The summed E-state index contributed by atoms with van der Waals surface area (Å²) < 4.78 is 7.39. The van der Waals surface area contributed by atoms with Crippen LogP contribution < -0.4 is 5.32 Å². The number of ether oxygens (including phenoxy) is 1. The summed E-state index contributed by atoms with van der Waals surface area (Å²) in [6, 6.07) is 2.59. The number of hydrogen-bond donors (Lipinski definition) is 1. The van der Waals surface area contributed by atoms with E-state index in [1.54, 1.807) is 0 Å². The largest absolute Gasteiger partial charge is 0.381 e. The highest BCUT2D eigenvalue weighted by molar-refractivity contribution is 5.12. The van der Waals surface area contributed by atoms with Crippen molar-refractivity contribution in [3.63, 3.8) is 0 Å². The van der Waals surface area contributed by atoms with Gasteiger partial charge in [0.2, 0.25) is 0 Å². The van der Waals surface area contributed by atoms with Gasteiger partial charge in [-0.1, -0.05) is 6.92 Å². The van der Waals surface area contributed by atoms with Gasteiger partial charge in [-0.25, -0.2) is 0 Å². The highest BCUT2D eigenvalue weighted by Gasteiger charge is 2.21. The second-order valence-electron chi connectivity index (χ2n) is 5.24. The van der Waals surface area contributed by atoms with E-state index in [-0.39, 0.29) is 0 Å². The molecule has 2 rings (SSSR count). The SMILES string of the molecule is CCNC(CC1CCOCC1)c1cc(C)n(C)n1. The second-order valence-corrected chi connectivity index (χ2v) is 5.24.